The minimum absolute atomic E-state index is 0.0399. The molecule has 2 aromatic carbocycles. The summed E-state index contributed by atoms with van der Waals surface area (Å²) in [6.45, 7) is 4.59. The highest BCUT2D eigenvalue weighted by Crippen LogP contribution is 2.32. The maximum absolute atomic E-state index is 13.2. The fourth-order valence-electron chi connectivity index (χ4n) is 5.25. The molecule has 3 heterocycles. The number of anilines is 1. The number of nitriles is 1. The largest absolute Gasteiger partial charge is 0.467 e. The molecule has 10 nitrogen and oxygen atoms in total. The number of ether oxygens (including phenoxy) is 1. The molecule has 0 spiro atoms. The van der Waals surface area contributed by atoms with Crippen LogP contribution < -0.4 is 10.2 Å². The lowest BCUT2D eigenvalue weighted by Gasteiger charge is -2.35. The van der Waals surface area contributed by atoms with Crippen LogP contribution in [-0.2, 0) is 15.7 Å². The van der Waals surface area contributed by atoms with Crippen LogP contribution >= 0.6 is 0 Å². The van der Waals surface area contributed by atoms with Gasteiger partial charge in [-0.05, 0) is 67.1 Å². The van der Waals surface area contributed by atoms with E-state index in [9.17, 15) is 28.0 Å². The topological polar surface area (TPSA) is 134 Å². The summed E-state index contributed by atoms with van der Waals surface area (Å²) in [5, 5.41) is 12.2. The highest BCUT2D eigenvalue weighted by Gasteiger charge is 2.36. The quantitative estimate of drug-likeness (QED) is 0.271. The normalized spacial score (nSPS) is 14.8. The fraction of sp³-hybridized carbons (Fsp3) is 0.355. The van der Waals surface area contributed by atoms with Crippen LogP contribution in [0.3, 0.4) is 0 Å². The van der Waals surface area contributed by atoms with E-state index in [1.807, 2.05) is 13.8 Å². The van der Waals surface area contributed by atoms with E-state index in [4.69, 9.17) is 9.15 Å². The second-order valence-electron chi connectivity index (χ2n) is 10.8. The van der Waals surface area contributed by atoms with Gasteiger partial charge in [-0.1, -0.05) is 13.8 Å². The van der Waals surface area contributed by atoms with Crippen molar-refractivity contribution in [2.75, 3.05) is 25.1 Å². The Morgan fingerprint density at radius 2 is 1.82 bits per heavy atom. The standard InChI is InChI=1S/C31H29F3N6O4/c1-17(2)22-14-18(16-35)15-23-26(22)44-28(37-23)21-6-4-20(5-7-21)27(41)39-25(29(42)43-3)19-9-12-40(13-10-19)30-36-11-8-24(38-30)31(32,33)34/h4-8,11,14-15,17,19,25H,9-10,12-13H2,1-3H3,(H,39,41). The van der Waals surface area contributed by atoms with E-state index in [1.165, 1.54) is 7.11 Å². The molecule has 1 fully saturated rings. The molecular weight excluding hydrogens is 577 g/mol. The summed E-state index contributed by atoms with van der Waals surface area (Å²) < 4.78 is 50.3. The van der Waals surface area contributed by atoms with E-state index < -0.39 is 29.8 Å². The average Bonchev–Trinajstić information content (AvgIpc) is 3.46. The predicted octanol–water partition coefficient (Wildman–Crippen LogP) is 5.49. The van der Waals surface area contributed by atoms with Gasteiger partial charge in [-0.2, -0.15) is 18.4 Å². The van der Waals surface area contributed by atoms with E-state index in [-0.39, 0.29) is 17.8 Å². The zero-order valence-corrected chi connectivity index (χ0v) is 24.2. The maximum atomic E-state index is 13.2. The number of hydrogen-bond donors (Lipinski definition) is 1. The van der Waals surface area contributed by atoms with Crippen LogP contribution in [0, 0.1) is 17.2 Å². The third kappa shape index (κ3) is 6.34. The molecule has 5 rings (SSSR count). The van der Waals surface area contributed by atoms with Crippen molar-refractivity contribution in [3.8, 4) is 17.5 Å². The monoisotopic (exact) mass is 606 g/mol. The van der Waals surface area contributed by atoms with Crippen LogP contribution in [0.5, 0.6) is 0 Å². The average molecular weight is 607 g/mol. The van der Waals surface area contributed by atoms with Crippen molar-refractivity contribution in [3.63, 3.8) is 0 Å². The Hall–Kier alpha value is -4.99. The lowest BCUT2D eigenvalue weighted by atomic mass is 9.89. The summed E-state index contributed by atoms with van der Waals surface area (Å²) in [7, 11) is 1.23. The Kier molecular flexibility index (Phi) is 8.53. The lowest BCUT2D eigenvalue weighted by Crippen LogP contribution is -2.50. The Morgan fingerprint density at radius 1 is 1.11 bits per heavy atom. The van der Waals surface area contributed by atoms with Crippen LogP contribution in [0.15, 0.2) is 53.1 Å². The molecule has 0 bridgehead atoms. The number of amides is 1. The third-order valence-electron chi connectivity index (χ3n) is 7.63. The van der Waals surface area contributed by atoms with Gasteiger partial charge in [0.15, 0.2) is 5.58 Å². The number of benzene rings is 2. The van der Waals surface area contributed by atoms with Crippen LogP contribution in [0.2, 0.25) is 0 Å². The SMILES string of the molecule is COC(=O)C(NC(=O)c1ccc(-c2nc3cc(C#N)cc(C(C)C)c3o2)cc1)C1CCN(c2nccc(C(F)(F)F)n2)CC1. The summed E-state index contributed by atoms with van der Waals surface area (Å²) in [6.07, 6.45) is -2.74. The first-order chi connectivity index (χ1) is 21.0. The molecule has 1 amide bonds. The molecule has 1 unspecified atom stereocenters. The molecule has 1 atom stereocenters. The minimum atomic E-state index is -4.59. The van der Waals surface area contributed by atoms with Crippen molar-refractivity contribution in [1.82, 2.24) is 20.3 Å². The van der Waals surface area contributed by atoms with E-state index in [0.29, 0.717) is 59.6 Å². The number of carbonyl (C=O) groups excluding carboxylic acids is 2. The molecule has 1 aliphatic rings. The maximum Gasteiger partial charge on any atom is 0.433 e. The third-order valence-corrected chi connectivity index (χ3v) is 7.63. The van der Waals surface area contributed by atoms with E-state index in [2.05, 4.69) is 26.3 Å². The number of aromatic nitrogens is 3. The Labute approximate surface area is 250 Å². The van der Waals surface area contributed by atoms with Crippen molar-refractivity contribution in [2.45, 2.75) is 44.8 Å². The number of rotatable bonds is 7. The van der Waals surface area contributed by atoms with Gasteiger partial charge in [0, 0.05) is 36.0 Å². The molecule has 4 aromatic rings. The second kappa shape index (κ2) is 12.3. The molecule has 13 heteroatoms. The minimum Gasteiger partial charge on any atom is -0.467 e. The molecule has 44 heavy (non-hydrogen) atoms. The van der Waals surface area contributed by atoms with Gasteiger partial charge in [0.25, 0.3) is 5.91 Å². The number of esters is 1. The van der Waals surface area contributed by atoms with Crippen LogP contribution in [0.1, 0.15) is 59.8 Å². The summed E-state index contributed by atoms with van der Waals surface area (Å²) in [5.74, 6) is -1.01. The number of hydrogen-bond acceptors (Lipinski definition) is 9. The van der Waals surface area contributed by atoms with Crippen LogP contribution in [-0.4, -0.2) is 53.1 Å². The van der Waals surface area contributed by atoms with Crippen molar-refractivity contribution >= 4 is 28.9 Å². The van der Waals surface area contributed by atoms with Gasteiger partial charge >= 0.3 is 12.1 Å². The zero-order valence-electron chi connectivity index (χ0n) is 24.2. The fourth-order valence-corrected chi connectivity index (χ4v) is 5.25. The summed E-state index contributed by atoms with van der Waals surface area (Å²) >= 11 is 0. The molecule has 0 aliphatic carbocycles. The Balaban J connectivity index is 1.28. The molecular formula is C31H29F3N6O4. The lowest BCUT2D eigenvalue weighted by molar-refractivity contribution is -0.144. The number of methoxy groups -OCH3 is 1. The Bertz CT molecular complexity index is 1720. The van der Waals surface area contributed by atoms with Gasteiger partial charge in [0.2, 0.25) is 11.8 Å². The zero-order chi connectivity index (χ0) is 31.6. The van der Waals surface area contributed by atoms with Crippen molar-refractivity contribution in [1.29, 1.82) is 5.26 Å². The number of alkyl halides is 3. The Morgan fingerprint density at radius 3 is 2.43 bits per heavy atom. The summed E-state index contributed by atoms with van der Waals surface area (Å²) in [6, 6.07) is 12.0. The number of oxazole rings is 1. The summed E-state index contributed by atoms with van der Waals surface area (Å²) in [5.41, 5.74) is 2.42. The number of fused-ring (bicyclic) bond motifs is 1. The summed E-state index contributed by atoms with van der Waals surface area (Å²) in [4.78, 5) is 39.7. The molecule has 228 valence electrons. The van der Waals surface area contributed by atoms with Gasteiger partial charge in [-0.3, -0.25) is 4.79 Å². The van der Waals surface area contributed by atoms with Crippen molar-refractivity contribution in [3.05, 3.63) is 71.0 Å². The first-order valence-corrected chi connectivity index (χ1v) is 14.0. The number of piperidine rings is 1. The molecule has 0 saturated carbocycles. The molecule has 1 N–H and O–H groups in total. The molecule has 1 saturated heterocycles. The highest BCUT2D eigenvalue weighted by molar-refractivity contribution is 5.97. The van der Waals surface area contributed by atoms with Crippen LogP contribution in [0.4, 0.5) is 19.1 Å². The first-order valence-electron chi connectivity index (χ1n) is 14.0. The number of nitrogens with zero attached hydrogens (tertiary/aromatic N) is 5. The first kappa shape index (κ1) is 30.5. The van der Waals surface area contributed by atoms with Crippen LogP contribution in [0.25, 0.3) is 22.6 Å². The number of nitrogens with one attached hydrogen (secondary N) is 1. The van der Waals surface area contributed by atoms with E-state index in [0.717, 1.165) is 17.8 Å². The van der Waals surface area contributed by atoms with Gasteiger partial charge in [-0.25, -0.2) is 19.7 Å². The molecule has 0 radical (unpaired) electrons. The number of halogens is 3. The second-order valence-corrected chi connectivity index (χ2v) is 10.8. The van der Waals surface area contributed by atoms with Gasteiger partial charge < -0.3 is 19.4 Å². The predicted molar refractivity (Wildman–Crippen MR) is 153 cm³/mol. The smallest absolute Gasteiger partial charge is 0.433 e. The van der Waals surface area contributed by atoms with Crippen molar-refractivity contribution in [2.24, 2.45) is 5.92 Å². The van der Waals surface area contributed by atoms with E-state index in [1.54, 1.807) is 41.3 Å². The van der Waals surface area contributed by atoms with E-state index >= 15 is 0 Å². The van der Waals surface area contributed by atoms with Gasteiger partial charge in [-0.15, -0.1) is 0 Å². The van der Waals surface area contributed by atoms with Gasteiger partial charge in [0.1, 0.15) is 17.3 Å². The number of carbonyl (C=O) groups is 2. The molecule has 1 aliphatic heterocycles. The van der Waals surface area contributed by atoms with Crippen molar-refractivity contribution < 1.29 is 31.9 Å². The highest BCUT2D eigenvalue weighted by atomic mass is 19.4. The molecule has 2 aromatic heterocycles. The van der Waals surface area contributed by atoms with Gasteiger partial charge in [0.05, 0.1) is 18.7 Å².